The Morgan fingerprint density at radius 3 is 2.56 bits per heavy atom. The summed E-state index contributed by atoms with van der Waals surface area (Å²) in [6.45, 7) is 6.75. The Balaban J connectivity index is 2.46. The van der Waals surface area contributed by atoms with Crippen molar-refractivity contribution in [3.05, 3.63) is 23.8 Å². The first kappa shape index (κ1) is 11.0. The van der Waals surface area contributed by atoms with Crippen LogP contribution in [0.2, 0.25) is 0 Å². The highest BCUT2D eigenvalue weighted by Gasteiger charge is 2.28. The van der Waals surface area contributed by atoms with Crippen molar-refractivity contribution >= 4 is 5.78 Å². The molecule has 0 bridgehead atoms. The second kappa shape index (κ2) is 3.81. The van der Waals surface area contributed by atoms with Gasteiger partial charge in [-0.1, -0.05) is 26.8 Å². The highest BCUT2D eigenvalue weighted by molar-refractivity contribution is 6.02. The maximum Gasteiger partial charge on any atom is 0.172 e. The summed E-state index contributed by atoms with van der Waals surface area (Å²) >= 11 is 0. The van der Waals surface area contributed by atoms with Gasteiger partial charge in [0.1, 0.15) is 13.2 Å². The summed E-state index contributed by atoms with van der Waals surface area (Å²) in [6, 6.07) is 5.45. The lowest BCUT2D eigenvalue weighted by Gasteiger charge is -2.23. The molecule has 0 amide bonds. The van der Waals surface area contributed by atoms with Crippen molar-refractivity contribution in [2.45, 2.75) is 20.8 Å². The summed E-state index contributed by atoms with van der Waals surface area (Å²) < 4.78 is 11.0. The van der Waals surface area contributed by atoms with E-state index in [0.29, 0.717) is 30.3 Å². The van der Waals surface area contributed by atoms with Gasteiger partial charge in [-0.05, 0) is 12.1 Å². The third-order valence-corrected chi connectivity index (χ3v) is 2.49. The number of benzene rings is 1. The van der Waals surface area contributed by atoms with Gasteiger partial charge in [-0.2, -0.15) is 0 Å². The van der Waals surface area contributed by atoms with Gasteiger partial charge in [0.25, 0.3) is 0 Å². The summed E-state index contributed by atoms with van der Waals surface area (Å²) in [5, 5.41) is 0. The lowest BCUT2D eigenvalue weighted by Crippen LogP contribution is -2.23. The van der Waals surface area contributed by atoms with E-state index in [0.717, 1.165) is 0 Å². The van der Waals surface area contributed by atoms with E-state index in [1.165, 1.54) is 0 Å². The standard InChI is InChI=1S/C13H16O3/c1-13(2,3)12(14)9-5-4-6-10-11(9)16-8-7-15-10/h4-6H,7-8H2,1-3H3. The molecule has 0 aromatic heterocycles. The van der Waals surface area contributed by atoms with Gasteiger partial charge in [0.05, 0.1) is 5.56 Å². The van der Waals surface area contributed by atoms with Gasteiger partial charge >= 0.3 is 0 Å². The molecule has 3 nitrogen and oxygen atoms in total. The molecule has 0 saturated carbocycles. The zero-order valence-corrected chi connectivity index (χ0v) is 9.87. The topological polar surface area (TPSA) is 35.5 Å². The maximum atomic E-state index is 12.2. The highest BCUT2D eigenvalue weighted by atomic mass is 16.6. The molecule has 0 fully saturated rings. The van der Waals surface area contributed by atoms with Crippen LogP contribution < -0.4 is 9.47 Å². The fourth-order valence-electron chi connectivity index (χ4n) is 1.66. The van der Waals surface area contributed by atoms with Gasteiger partial charge in [-0.25, -0.2) is 0 Å². The first-order chi connectivity index (χ1) is 7.50. The lowest BCUT2D eigenvalue weighted by atomic mass is 9.86. The van der Waals surface area contributed by atoms with E-state index in [4.69, 9.17) is 9.47 Å². The second-order valence-corrected chi connectivity index (χ2v) is 4.91. The SMILES string of the molecule is CC(C)(C)C(=O)c1cccc2c1OCCO2. The molecule has 0 spiro atoms. The molecule has 0 saturated heterocycles. The molecular formula is C13H16O3. The third-order valence-electron chi connectivity index (χ3n) is 2.49. The molecule has 3 heteroatoms. The van der Waals surface area contributed by atoms with Crippen molar-refractivity contribution < 1.29 is 14.3 Å². The third kappa shape index (κ3) is 1.90. The zero-order valence-electron chi connectivity index (χ0n) is 9.87. The number of ketones is 1. The number of fused-ring (bicyclic) bond motifs is 1. The number of rotatable bonds is 1. The number of carbonyl (C=O) groups is 1. The average molecular weight is 220 g/mol. The predicted molar refractivity (Wildman–Crippen MR) is 61.2 cm³/mol. The Morgan fingerprint density at radius 1 is 1.19 bits per heavy atom. The van der Waals surface area contributed by atoms with E-state index in [-0.39, 0.29) is 5.78 Å². The molecule has 0 aliphatic carbocycles. The van der Waals surface area contributed by atoms with Crippen LogP contribution in [0.15, 0.2) is 18.2 Å². The van der Waals surface area contributed by atoms with E-state index in [1.54, 1.807) is 6.07 Å². The van der Waals surface area contributed by atoms with Gasteiger partial charge in [0.2, 0.25) is 0 Å². The molecule has 1 aromatic rings. The van der Waals surface area contributed by atoms with Crippen molar-refractivity contribution in [1.82, 2.24) is 0 Å². The van der Waals surface area contributed by atoms with Crippen LogP contribution in [0, 0.1) is 5.41 Å². The molecule has 0 radical (unpaired) electrons. The first-order valence-electron chi connectivity index (χ1n) is 5.43. The Bertz CT molecular complexity index is 416. The van der Waals surface area contributed by atoms with Gasteiger partial charge in [-0.3, -0.25) is 4.79 Å². The Kier molecular flexibility index (Phi) is 2.62. The molecule has 1 aliphatic rings. The molecule has 0 N–H and O–H groups in total. The van der Waals surface area contributed by atoms with Crippen molar-refractivity contribution in [3.63, 3.8) is 0 Å². The van der Waals surface area contributed by atoms with E-state index in [1.807, 2.05) is 32.9 Å². The van der Waals surface area contributed by atoms with Gasteiger partial charge in [-0.15, -0.1) is 0 Å². The van der Waals surface area contributed by atoms with Crippen LogP contribution in [0.3, 0.4) is 0 Å². The maximum absolute atomic E-state index is 12.2. The minimum Gasteiger partial charge on any atom is -0.486 e. The normalized spacial score (nSPS) is 14.7. The Labute approximate surface area is 95.4 Å². The average Bonchev–Trinajstić information content (AvgIpc) is 2.26. The van der Waals surface area contributed by atoms with E-state index >= 15 is 0 Å². The van der Waals surface area contributed by atoms with E-state index < -0.39 is 5.41 Å². The van der Waals surface area contributed by atoms with Crippen LogP contribution in [0.5, 0.6) is 11.5 Å². The number of hydrogen-bond donors (Lipinski definition) is 0. The van der Waals surface area contributed by atoms with Gasteiger partial charge in [0, 0.05) is 5.41 Å². The lowest BCUT2D eigenvalue weighted by molar-refractivity contribution is 0.0847. The smallest absolute Gasteiger partial charge is 0.172 e. The van der Waals surface area contributed by atoms with Crippen molar-refractivity contribution in [2.24, 2.45) is 5.41 Å². The fraction of sp³-hybridized carbons (Fsp3) is 0.462. The number of hydrogen-bond acceptors (Lipinski definition) is 3. The summed E-state index contributed by atoms with van der Waals surface area (Å²) in [6.07, 6.45) is 0. The summed E-state index contributed by atoms with van der Waals surface area (Å²) in [4.78, 5) is 12.2. The Hall–Kier alpha value is -1.51. The first-order valence-corrected chi connectivity index (χ1v) is 5.43. The second-order valence-electron chi connectivity index (χ2n) is 4.91. The van der Waals surface area contributed by atoms with E-state index in [2.05, 4.69) is 0 Å². The van der Waals surface area contributed by atoms with Gasteiger partial charge in [0.15, 0.2) is 17.3 Å². The van der Waals surface area contributed by atoms with Crippen molar-refractivity contribution in [3.8, 4) is 11.5 Å². The van der Waals surface area contributed by atoms with Crippen LogP contribution in [0.1, 0.15) is 31.1 Å². The molecular weight excluding hydrogens is 204 g/mol. The van der Waals surface area contributed by atoms with Crippen LogP contribution in [-0.2, 0) is 0 Å². The molecule has 2 rings (SSSR count). The molecule has 1 aromatic carbocycles. The summed E-state index contributed by atoms with van der Waals surface area (Å²) in [5.74, 6) is 1.34. The molecule has 0 unspecified atom stereocenters. The Morgan fingerprint density at radius 2 is 1.88 bits per heavy atom. The van der Waals surface area contributed by atoms with Crippen molar-refractivity contribution in [1.29, 1.82) is 0 Å². The highest BCUT2D eigenvalue weighted by Crippen LogP contribution is 2.36. The quantitative estimate of drug-likeness (QED) is 0.682. The minimum absolute atomic E-state index is 0.0786. The summed E-state index contributed by atoms with van der Waals surface area (Å²) in [7, 11) is 0. The fourth-order valence-corrected chi connectivity index (χ4v) is 1.66. The van der Waals surface area contributed by atoms with Gasteiger partial charge < -0.3 is 9.47 Å². The van der Waals surface area contributed by atoms with Crippen LogP contribution in [0.4, 0.5) is 0 Å². The minimum atomic E-state index is -0.407. The zero-order chi connectivity index (χ0) is 11.8. The van der Waals surface area contributed by atoms with Crippen LogP contribution >= 0.6 is 0 Å². The number of para-hydroxylation sites is 1. The van der Waals surface area contributed by atoms with Crippen LogP contribution in [-0.4, -0.2) is 19.0 Å². The summed E-state index contributed by atoms with van der Waals surface area (Å²) in [5.41, 5.74) is 0.209. The monoisotopic (exact) mass is 220 g/mol. The van der Waals surface area contributed by atoms with Crippen molar-refractivity contribution in [2.75, 3.05) is 13.2 Å². The van der Waals surface area contributed by atoms with Crippen LogP contribution in [0.25, 0.3) is 0 Å². The predicted octanol–water partition coefficient (Wildman–Crippen LogP) is 2.69. The molecule has 16 heavy (non-hydrogen) atoms. The molecule has 86 valence electrons. The number of ether oxygens (including phenoxy) is 2. The number of Topliss-reactive ketones (excluding diaryl/α,β-unsaturated/α-hetero) is 1. The molecule has 1 aliphatic heterocycles. The molecule has 1 heterocycles. The van der Waals surface area contributed by atoms with E-state index in [9.17, 15) is 4.79 Å². The largest absolute Gasteiger partial charge is 0.486 e. The molecule has 0 atom stereocenters. The number of carbonyl (C=O) groups excluding carboxylic acids is 1.